The summed E-state index contributed by atoms with van der Waals surface area (Å²) >= 11 is 0. The molecule has 1 heterocycles. The maximum absolute atomic E-state index is 12.6. The van der Waals surface area contributed by atoms with E-state index in [4.69, 9.17) is 4.74 Å². The van der Waals surface area contributed by atoms with Crippen LogP contribution in [-0.4, -0.2) is 29.3 Å². The molecule has 0 bridgehead atoms. The molecule has 1 rings (SSSR count). The van der Waals surface area contributed by atoms with Gasteiger partial charge in [0.2, 0.25) is 0 Å². The summed E-state index contributed by atoms with van der Waals surface area (Å²) in [4.78, 5) is 3.91. The summed E-state index contributed by atoms with van der Waals surface area (Å²) < 4.78 is 31.1. The van der Waals surface area contributed by atoms with Crippen LogP contribution in [0.4, 0.5) is 8.78 Å². The largest absolute Gasteiger partial charge is 0.383 e. The third kappa shape index (κ3) is 4.05. The van der Waals surface area contributed by atoms with Crippen molar-refractivity contribution in [2.45, 2.75) is 33.0 Å². The third-order valence-corrected chi connectivity index (χ3v) is 2.63. The van der Waals surface area contributed by atoms with Gasteiger partial charge >= 0.3 is 6.55 Å². The highest BCUT2D eigenvalue weighted by Gasteiger charge is 2.15. The smallest absolute Gasteiger partial charge is 0.319 e. The maximum atomic E-state index is 12.6. The Bertz CT molecular complexity index is 328. The van der Waals surface area contributed by atoms with Crippen LogP contribution in [0.1, 0.15) is 26.2 Å². The first-order valence-corrected chi connectivity index (χ1v) is 5.58. The van der Waals surface area contributed by atoms with E-state index < -0.39 is 6.55 Å². The van der Waals surface area contributed by atoms with Crippen LogP contribution in [0.15, 0.2) is 12.4 Å². The van der Waals surface area contributed by atoms with Crippen LogP contribution >= 0.6 is 0 Å². The van der Waals surface area contributed by atoms with Gasteiger partial charge in [-0.25, -0.2) is 4.98 Å². The molecule has 1 aromatic rings. The van der Waals surface area contributed by atoms with Crippen LogP contribution < -0.4 is 5.32 Å². The molecule has 0 aliphatic heterocycles. The summed E-state index contributed by atoms with van der Waals surface area (Å²) in [5, 5.41) is 3.18. The van der Waals surface area contributed by atoms with Crippen molar-refractivity contribution in [2.24, 2.45) is 5.92 Å². The fourth-order valence-corrected chi connectivity index (χ4v) is 1.55. The van der Waals surface area contributed by atoms with Crippen molar-refractivity contribution in [3.05, 3.63) is 18.2 Å². The van der Waals surface area contributed by atoms with Crippen LogP contribution in [0, 0.1) is 5.92 Å². The first kappa shape index (κ1) is 14.1. The van der Waals surface area contributed by atoms with Crippen molar-refractivity contribution in [3.63, 3.8) is 0 Å². The predicted octanol–water partition coefficient (Wildman–Crippen LogP) is 2.04. The molecule has 1 atom stereocenters. The van der Waals surface area contributed by atoms with E-state index in [-0.39, 0.29) is 6.04 Å². The van der Waals surface area contributed by atoms with Gasteiger partial charge in [0.15, 0.2) is 0 Å². The van der Waals surface area contributed by atoms with E-state index >= 15 is 0 Å². The highest BCUT2D eigenvalue weighted by molar-refractivity contribution is 4.93. The van der Waals surface area contributed by atoms with Gasteiger partial charge in [-0.3, -0.25) is 4.57 Å². The zero-order valence-electron chi connectivity index (χ0n) is 10.4. The Morgan fingerprint density at radius 3 is 2.71 bits per heavy atom. The van der Waals surface area contributed by atoms with E-state index in [1.807, 2.05) is 0 Å². The third-order valence-electron chi connectivity index (χ3n) is 2.63. The first-order chi connectivity index (χ1) is 8.06. The lowest BCUT2D eigenvalue weighted by Crippen LogP contribution is -2.37. The number of methoxy groups -OCH3 is 1. The number of hydrogen-bond donors (Lipinski definition) is 1. The summed E-state index contributed by atoms with van der Waals surface area (Å²) in [5.74, 6) is 0.701. The molecule has 4 nitrogen and oxygen atoms in total. The SMILES string of the molecule is COCC(NCc1nccn1C(F)F)C(C)C. The summed E-state index contributed by atoms with van der Waals surface area (Å²) in [6, 6.07) is 0.128. The topological polar surface area (TPSA) is 39.1 Å². The fraction of sp³-hybridized carbons (Fsp3) is 0.727. The van der Waals surface area contributed by atoms with Gasteiger partial charge in [0.05, 0.1) is 13.2 Å². The second-order valence-corrected chi connectivity index (χ2v) is 4.22. The summed E-state index contributed by atoms with van der Waals surface area (Å²) in [5.41, 5.74) is 0. The minimum absolute atomic E-state index is 0.128. The zero-order valence-corrected chi connectivity index (χ0v) is 10.4. The van der Waals surface area contributed by atoms with E-state index in [1.54, 1.807) is 7.11 Å². The normalized spacial score (nSPS) is 13.6. The molecule has 0 saturated carbocycles. The predicted molar refractivity (Wildman–Crippen MR) is 60.8 cm³/mol. The van der Waals surface area contributed by atoms with Crippen molar-refractivity contribution in [2.75, 3.05) is 13.7 Å². The lowest BCUT2D eigenvalue weighted by atomic mass is 10.1. The Hall–Kier alpha value is -1.01. The van der Waals surface area contributed by atoms with E-state index in [9.17, 15) is 8.78 Å². The molecule has 0 radical (unpaired) electrons. The van der Waals surface area contributed by atoms with E-state index in [1.165, 1.54) is 12.4 Å². The average molecular weight is 247 g/mol. The van der Waals surface area contributed by atoms with Gasteiger partial charge in [0.25, 0.3) is 0 Å². The molecule has 0 saturated heterocycles. The van der Waals surface area contributed by atoms with Crippen molar-refractivity contribution in [1.82, 2.24) is 14.9 Å². The molecule has 98 valence electrons. The van der Waals surface area contributed by atoms with E-state index in [2.05, 4.69) is 24.1 Å². The zero-order chi connectivity index (χ0) is 12.8. The number of imidazole rings is 1. The minimum Gasteiger partial charge on any atom is -0.383 e. The molecule has 1 N–H and O–H groups in total. The Kier molecular flexibility index (Phi) is 5.50. The lowest BCUT2D eigenvalue weighted by Gasteiger charge is -2.21. The fourth-order valence-electron chi connectivity index (χ4n) is 1.55. The number of hydrogen-bond acceptors (Lipinski definition) is 3. The molecule has 0 aliphatic rings. The number of nitrogens with one attached hydrogen (secondary N) is 1. The van der Waals surface area contributed by atoms with Crippen molar-refractivity contribution in [3.8, 4) is 0 Å². The van der Waals surface area contributed by atoms with Gasteiger partial charge in [-0.15, -0.1) is 0 Å². The number of nitrogens with zero attached hydrogens (tertiary/aromatic N) is 2. The minimum atomic E-state index is -2.55. The molecule has 0 spiro atoms. The van der Waals surface area contributed by atoms with Crippen molar-refractivity contribution < 1.29 is 13.5 Å². The molecule has 1 aromatic heterocycles. The Morgan fingerprint density at radius 1 is 1.47 bits per heavy atom. The first-order valence-electron chi connectivity index (χ1n) is 5.58. The standard InChI is InChI=1S/C11H19F2N3O/c1-8(2)9(7-17-3)15-6-10-14-4-5-16(10)11(12)13/h4-5,8-9,11,15H,6-7H2,1-3H3. The molecule has 1 unspecified atom stereocenters. The van der Waals surface area contributed by atoms with Crippen LogP contribution in [0.25, 0.3) is 0 Å². The highest BCUT2D eigenvalue weighted by atomic mass is 19.3. The van der Waals surface area contributed by atoms with Gasteiger partial charge in [-0.2, -0.15) is 8.78 Å². The van der Waals surface area contributed by atoms with Gasteiger partial charge in [0.1, 0.15) is 5.82 Å². The second-order valence-electron chi connectivity index (χ2n) is 4.22. The number of rotatable bonds is 7. The van der Waals surface area contributed by atoms with Crippen LogP contribution in [0.5, 0.6) is 0 Å². The van der Waals surface area contributed by atoms with Crippen molar-refractivity contribution >= 4 is 0 Å². The Labute approximate surface area is 100.0 Å². The molecule has 6 heteroatoms. The molecule has 17 heavy (non-hydrogen) atoms. The quantitative estimate of drug-likeness (QED) is 0.801. The number of alkyl halides is 2. The molecular formula is C11H19F2N3O. The summed E-state index contributed by atoms with van der Waals surface area (Å²) in [6.45, 7) is 2.41. The Balaban J connectivity index is 2.56. The molecule has 0 fully saturated rings. The second kappa shape index (κ2) is 6.66. The van der Waals surface area contributed by atoms with Crippen molar-refractivity contribution in [1.29, 1.82) is 0 Å². The number of halogens is 2. The van der Waals surface area contributed by atoms with Gasteiger partial charge in [-0.05, 0) is 5.92 Å². The average Bonchev–Trinajstić information content (AvgIpc) is 2.71. The molecular weight excluding hydrogens is 228 g/mol. The number of aromatic nitrogens is 2. The molecule has 0 aliphatic carbocycles. The Morgan fingerprint density at radius 2 is 2.18 bits per heavy atom. The molecule has 0 aromatic carbocycles. The van der Waals surface area contributed by atoms with Crippen LogP contribution in [0.2, 0.25) is 0 Å². The van der Waals surface area contributed by atoms with Crippen LogP contribution in [0.3, 0.4) is 0 Å². The van der Waals surface area contributed by atoms with Gasteiger partial charge in [0, 0.05) is 25.5 Å². The van der Waals surface area contributed by atoms with E-state index in [0.29, 0.717) is 24.9 Å². The maximum Gasteiger partial charge on any atom is 0.319 e. The lowest BCUT2D eigenvalue weighted by molar-refractivity contribution is 0.0659. The summed E-state index contributed by atoms with van der Waals surface area (Å²) in [7, 11) is 1.62. The monoisotopic (exact) mass is 247 g/mol. The van der Waals surface area contributed by atoms with Crippen LogP contribution in [-0.2, 0) is 11.3 Å². The van der Waals surface area contributed by atoms with Gasteiger partial charge < -0.3 is 10.1 Å². The van der Waals surface area contributed by atoms with E-state index in [0.717, 1.165) is 4.57 Å². The number of ether oxygens (including phenoxy) is 1. The van der Waals surface area contributed by atoms with Gasteiger partial charge in [-0.1, -0.05) is 13.8 Å². The summed E-state index contributed by atoms with van der Waals surface area (Å²) in [6.07, 6.45) is 2.66. The molecule has 0 amide bonds. The highest BCUT2D eigenvalue weighted by Crippen LogP contribution is 2.12.